The van der Waals surface area contributed by atoms with Crippen LogP contribution in [0.1, 0.15) is 95.6 Å². The minimum atomic E-state index is -2.32. The minimum Gasteiger partial charge on any atom is -0.481 e. The first-order valence-electron chi connectivity index (χ1n) is 22.1. The van der Waals surface area contributed by atoms with E-state index >= 15 is 0 Å². The number of ketones is 1. The van der Waals surface area contributed by atoms with Crippen molar-refractivity contribution >= 4 is 77.7 Å². The van der Waals surface area contributed by atoms with E-state index in [0.29, 0.717) is 11.1 Å². The van der Waals surface area contributed by atoms with Gasteiger partial charge in [0, 0.05) is 25.0 Å². The summed E-state index contributed by atoms with van der Waals surface area (Å²) in [6.45, 7) is 4.48. The van der Waals surface area contributed by atoms with Gasteiger partial charge in [0.05, 0.1) is 6.42 Å². The van der Waals surface area contributed by atoms with Gasteiger partial charge in [-0.15, -0.1) is 0 Å². The molecule has 1 fully saturated rings. The van der Waals surface area contributed by atoms with Crippen molar-refractivity contribution in [1.82, 2.24) is 31.9 Å². The predicted octanol–water partition coefficient (Wildman–Crippen LogP) is 0.997. The zero-order valence-electron chi connectivity index (χ0n) is 37.8. The lowest BCUT2D eigenvalue weighted by molar-refractivity contribution is -0.155. The van der Waals surface area contributed by atoms with Crippen LogP contribution in [0.5, 0.6) is 0 Å². The maximum atomic E-state index is 15.0. The van der Waals surface area contributed by atoms with Crippen LogP contribution in [0, 0.1) is 17.8 Å². The SMILES string of the molecule is CC(=O)N[C@@H](CC(=O)O)C(=O)N[C@H](CC(C(=O)O)C(=O)O)C(=O)N[C@H](C(=O)N[C@@H](CC(C)C)C(=O)N[C@@H](CC1CCCCC1)C(=O)N[C@@H](CS)C(=O)C(=O)O)C(c1ccccc1)c1ccccc1. The summed E-state index contributed by atoms with van der Waals surface area (Å²) >= 11 is 4.04. The Balaban J connectivity index is 2.16. The van der Waals surface area contributed by atoms with Gasteiger partial charge in [0.2, 0.25) is 35.4 Å². The van der Waals surface area contributed by atoms with Gasteiger partial charge in [-0.1, -0.05) is 107 Å². The van der Waals surface area contributed by atoms with Gasteiger partial charge in [-0.2, -0.15) is 12.6 Å². The third-order valence-electron chi connectivity index (χ3n) is 11.3. The molecule has 22 heteroatoms. The van der Waals surface area contributed by atoms with E-state index in [9.17, 15) is 73.2 Å². The highest BCUT2D eigenvalue weighted by Crippen LogP contribution is 2.30. The quantitative estimate of drug-likeness (QED) is 0.0338. The van der Waals surface area contributed by atoms with E-state index < -0.39 is 126 Å². The molecule has 0 aliphatic heterocycles. The van der Waals surface area contributed by atoms with E-state index in [0.717, 1.165) is 39.0 Å². The van der Waals surface area contributed by atoms with Crippen LogP contribution in [0.15, 0.2) is 60.7 Å². The fourth-order valence-corrected chi connectivity index (χ4v) is 8.23. The molecule has 6 amide bonds. The number of carboxylic acids is 4. The van der Waals surface area contributed by atoms with E-state index in [4.69, 9.17) is 0 Å². The molecule has 0 spiro atoms. The Labute approximate surface area is 397 Å². The highest BCUT2D eigenvalue weighted by atomic mass is 32.1. The second-order valence-corrected chi connectivity index (χ2v) is 17.4. The summed E-state index contributed by atoms with van der Waals surface area (Å²) < 4.78 is 0. The number of nitrogens with one attached hydrogen (secondary N) is 6. The summed E-state index contributed by atoms with van der Waals surface area (Å²) in [6, 6.07) is 6.61. The Kier molecular flexibility index (Phi) is 22.1. The molecule has 0 unspecified atom stereocenters. The lowest BCUT2D eigenvalue weighted by Crippen LogP contribution is -2.61. The summed E-state index contributed by atoms with van der Waals surface area (Å²) in [5.74, 6) is -18.7. The largest absolute Gasteiger partial charge is 0.481 e. The number of Topliss-reactive ketones (excluding diaryl/α,β-unsaturated/α-hetero) is 1. The third kappa shape index (κ3) is 17.4. The normalized spacial score (nSPS) is 15.3. The van der Waals surface area contributed by atoms with E-state index in [1.807, 2.05) is 0 Å². The number of thiol groups is 1. The molecule has 0 radical (unpaired) electrons. The van der Waals surface area contributed by atoms with Crippen LogP contribution in [0.25, 0.3) is 0 Å². The molecule has 68 heavy (non-hydrogen) atoms. The van der Waals surface area contributed by atoms with Crippen LogP contribution >= 0.6 is 12.6 Å². The summed E-state index contributed by atoms with van der Waals surface area (Å²) in [4.78, 5) is 143. The Hall–Kier alpha value is -6.84. The summed E-state index contributed by atoms with van der Waals surface area (Å²) in [7, 11) is 0. The Bertz CT molecular complexity index is 2070. The van der Waals surface area contributed by atoms with E-state index in [1.165, 1.54) is 0 Å². The lowest BCUT2D eigenvalue weighted by Gasteiger charge is -2.32. The van der Waals surface area contributed by atoms with Crippen molar-refractivity contribution in [3.8, 4) is 0 Å². The molecule has 1 saturated carbocycles. The number of hydrogen-bond donors (Lipinski definition) is 11. The van der Waals surface area contributed by atoms with Gasteiger partial charge < -0.3 is 52.3 Å². The zero-order chi connectivity index (χ0) is 50.7. The fourth-order valence-electron chi connectivity index (χ4n) is 7.97. The number of hydrogen-bond acceptors (Lipinski definition) is 12. The van der Waals surface area contributed by atoms with Crippen molar-refractivity contribution in [2.75, 3.05) is 5.75 Å². The first kappa shape index (κ1) is 55.5. The van der Waals surface area contributed by atoms with Crippen molar-refractivity contribution < 1.29 is 73.2 Å². The molecule has 1 aliphatic carbocycles. The van der Waals surface area contributed by atoms with Crippen LogP contribution in [-0.4, -0.2) is 128 Å². The molecule has 3 rings (SSSR count). The van der Waals surface area contributed by atoms with Crippen LogP contribution in [0.4, 0.5) is 0 Å². The second-order valence-electron chi connectivity index (χ2n) is 17.1. The first-order chi connectivity index (χ1) is 32.1. The number of carboxylic acid groups (broad SMARTS) is 4. The Morgan fingerprint density at radius 2 is 1.03 bits per heavy atom. The molecular weight excluding hydrogens is 909 g/mol. The van der Waals surface area contributed by atoms with Crippen molar-refractivity contribution in [3.63, 3.8) is 0 Å². The maximum Gasteiger partial charge on any atom is 0.374 e. The number of carbonyl (C=O) groups is 11. The monoisotopic (exact) mass is 968 g/mol. The topological polar surface area (TPSA) is 341 Å². The van der Waals surface area contributed by atoms with Crippen molar-refractivity contribution in [1.29, 1.82) is 0 Å². The van der Waals surface area contributed by atoms with Crippen LogP contribution < -0.4 is 31.9 Å². The van der Waals surface area contributed by atoms with Crippen LogP contribution in [0.2, 0.25) is 0 Å². The molecule has 0 aromatic heterocycles. The van der Waals surface area contributed by atoms with Gasteiger partial charge in [-0.05, 0) is 35.8 Å². The van der Waals surface area contributed by atoms with Gasteiger partial charge in [-0.25, -0.2) is 4.79 Å². The fraction of sp³-hybridized carbons (Fsp3) is 0.500. The van der Waals surface area contributed by atoms with Gasteiger partial charge in [0.25, 0.3) is 5.78 Å². The second kappa shape index (κ2) is 27.1. The van der Waals surface area contributed by atoms with Crippen LogP contribution in [-0.2, 0) is 52.7 Å². The molecule has 0 heterocycles. The molecule has 2 aromatic carbocycles. The molecule has 370 valence electrons. The number of benzene rings is 2. The molecule has 21 nitrogen and oxygen atoms in total. The van der Waals surface area contributed by atoms with E-state index in [2.05, 4.69) is 44.5 Å². The smallest absolute Gasteiger partial charge is 0.374 e. The molecule has 6 atom stereocenters. The molecule has 0 saturated heterocycles. The Morgan fingerprint density at radius 1 is 0.574 bits per heavy atom. The predicted molar refractivity (Wildman–Crippen MR) is 245 cm³/mol. The molecule has 1 aliphatic rings. The van der Waals surface area contributed by atoms with Gasteiger partial charge in [0.15, 0.2) is 5.92 Å². The first-order valence-corrected chi connectivity index (χ1v) is 22.7. The number of amides is 6. The zero-order valence-corrected chi connectivity index (χ0v) is 38.7. The standard InChI is InChI=1S/C46H60N6O15S/c1-24(2)19-30(39(57)48-31(20-26-13-7-4-8-14-26)40(58)51-34(23-68)38(56)46(66)67)50-43(61)37(36(27-15-9-5-10-16-27)28-17-11-6-12-18-28)52-42(60)32(21-29(44(62)63)45(64)65)49-41(59)33(22-35(54)55)47-25(3)53/h5-6,9-12,15-18,24,26,29-34,36-37,68H,4,7-8,13-14,19-23H2,1-3H3,(H,47,53)(H,48,57)(H,49,59)(H,50,61)(H,51,58)(H,52,60)(H,54,55)(H,62,63)(H,64,65)(H,66,67)/t30-,31-,32+,33-,34-,37-/m0/s1. The molecule has 2 aromatic rings. The summed E-state index contributed by atoms with van der Waals surface area (Å²) in [5, 5.41) is 53.0. The Morgan fingerprint density at radius 3 is 1.50 bits per heavy atom. The van der Waals surface area contributed by atoms with Gasteiger partial charge in [-0.3, -0.25) is 47.9 Å². The molecule has 0 bridgehead atoms. The number of aliphatic carboxylic acids is 4. The van der Waals surface area contributed by atoms with Crippen LogP contribution in [0.3, 0.4) is 0 Å². The van der Waals surface area contributed by atoms with Gasteiger partial charge in [0.1, 0.15) is 36.3 Å². The van der Waals surface area contributed by atoms with Crippen molar-refractivity contribution in [2.24, 2.45) is 17.8 Å². The number of carbonyl (C=O) groups excluding carboxylic acids is 7. The van der Waals surface area contributed by atoms with Gasteiger partial charge >= 0.3 is 23.9 Å². The average molecular weight is 969 g/mol. The van der Waals surface area contributed by atoms with E-state index in [-0.39, 0.29) is 30.4 Å². The minimum absolute atomic E-state index is 0.0346. The summed E-state index contributed by atoms with van der Waals surface area (Å²) in [5.41, 5.74) is 0.870. The highest BCUT2D eigenvalue weighted by Gasteiger charge is 2.41. The molecule has 10 N–H and O–H groups in total. The lowest BCUT2D eigenvalue weighted by atomic mass is 9.83. The third-order valence-corrected chi connectivity index (χ3v) is 11.7. The van der Waals surface area contributed by atoms with E-state index in [1.54, 1.807) is 74.5 Å². The van der Waals surface area contributed by atoms with Crippen molar-refractivity contribution in [2.45, 2.75) is 121 Å². The molecular formula is C46H60N6O15S. The number of rotatable bonds is 27. The highest BCUT2D eigenvalue weighted by molar-refractivity contribution is 7.80. The summed E-state index contributed by atoms with van der Waals surface area (Å²) in [6.07, 6.45) is 2.11. The maximum absolute atomic E-state index is 15.0. The average Bonchev–Trinajstić information content (AvgIpc) is 3.28. The van der Waals surface area contributed by atoms with Crippen molar-refractivity contribution in [3.05, 3.63) is 71.8 Å².